The second-order valence-corrected chi connectivity index (χ2v) is 7.16. The van der Waals surface area contributed by atoms with Crippen LogP contribution in [0.4, 0.5) is 0 Å². The minimum Gasteiger partial charge on any atom is -0.365 e. The van der Waals surface area contributed by atoms with Crippen molar-refractivity contribution in [2.75, 3.05) is 26.7 Å². The molecular formula is C21H23N5O3. The number of nitrogens with one attached hydrogen (secondary N) is 1. The Morgan fingerprint density at radius 3 is 2.90 bits per heavy atom. The summed E-state index contributed by atoms with van der Waals surface area (Å²) in [6.07, 6.45) is 3.99. The molecule has 3 aromatic rings. The SMILES string of the molecule is CN1CC(CNC(=O)c2cnc3c(c2)ncn3CCc2ccccc2)OCC1=O. The quantitative estimate of drug-likeness (QED) is 0.681. The van der Waals surface area contributed by atoms with Crippen LogP contribution in [-0.2, 0) is 22.5 Å². The molecule has 1 unspecified atom stereocenters. The maximum Gasteiger partial charge on any atom is 0.253 e. The number of pyridine rings is 1. The first kappa shape index (κ1) is 19.1. The summed E-state index contributed by atoms with van der Waals surface area (Å²) in [5.41, 5.74) is 3.15. The van der Waals surface area contributed by atoms with E-state index >= 15 is 0 Å². The summed E-state index contributed by atoms with van der Waals surface area (Å²) in [4.78, 5) is 34.4. The van der Waals surface area contributed by atoms with Crippen molar-refractivity contribution in [1.29, 1.82) is 0 Å². The number of carbonyl (C=O) groups excluding carboxylic acids is 2. The maximum absolute atomic E-state index is 12.5. The van der Waals surface area contributed by atoms with Gasteiger partial charge in [-0.15, -0.1) is 0 Å². The molecule has 2 aromatic heterocycles. The largest absolute Gasteiger partial charge is 0.365 e. The highest BCUT2D eigenvalue weighted by Gasteiger charge is 2.24. The van der Waals surface area contributed by atoms with Gasteiger partial charge in [0.25, 0.3) is 5.91 Å². The summed E-state index contributed by atoms with van der Waals surface area (Å²) in [6, 6.07) is 12.0. The lowest BCUT2D eigenvalue weighted by Crippen LogP contribution is -2.48. The zero-order valence-electron chi connectivity index (χ0n) is 16.2. The highest BCUT2D eigenvalue weighted by Crippen LogP contribution is 2.13. The first-order valence-electron chi connectivity index (χ1n) is 9.59. The number of rotatable bonds is 6. The molecule has 3 heterocycles. The van der Waals surface area contributed by atoms with Gasteiger partial charge in [0.15, 0.2) is 5.65 Å². The van der Waals surface area contributed by atoms with Crippen LogP contribution >= 0.6 is 0 Å². The van der Waals surface area contributed by atoms with E-state index in [4.69, 9.17) is 4.74 Å². The summed E-state index contributed by atoms with van der Waals surface area (Å²) < 4.78 is 7.44. The number of aryl methyl sites for hydroxylation is 2. The number of carbonyl (C=O) groups is 2. The zero-order chi connectivity index (χ0) is 20.2. The van der Waals surface area contributed by atoms with Gasteiger partial charge in [0.1, 0.15) is 12.1 Å². The molecule has 1 aliphatic rings. The predicted octanol–water partition coefficient (Wildman–Crippen LogP) is 1.26. The van der Waals surface area contributed by atoms with Crippen LogP contribution in [0.3, 0.4) is 0 Å². The van der Waals surface area contributed by atoms with Crippen LogP contribution in [0.25, 0.3) is 11.2 Å². The number of likely N-dealkylation sites (N-methyl/N-ethyl adjacent to an activating group) is 1. The van der Waals surface area contributed by atoms with E-state index in [1.165, 1.54) is 5.56 Å². The number of amides is 2. The van der Waals surface area contributed by atoms with Crippen LogP contribution in [-0.4, -0.2) is 64.1 Å². The molecule has 8 heteroatoms. The molecule has 1 aliphatic heterocycles. The third kappa shape index (κ3) is 4.43. The molecule has 0 radical (unpaired) electrons. The minimum atomic E-state index is -0.235. The molecule has 4 rings (SSSR count). The van der Waals surface area contributed by atoms with E-state index < -0.39 is 0 Å². The molecule has 0 aliphatic carbocycles. The smallest absolute Gasteiger partial charge is 0.253 e. The third-order valence-electron chi connectivity index (χ3n) is 5.04. The van der Waals surface area contributed by atoms with Gasteiger partial charge in [-0.3, -0.25) is 9.59 Å². The monoisotopic (exact) mass is 393 g/mol. The number of morpholine rings is 1. The van der Waals surface area contributed by atoms with Crippen LogP contribution in [0.15, 0.2) is 48.9 Å². The lowest BCUT2D eigenvalue weighted by atomic mass is 10.1. The van der Waals surface area contributed by atoms with Gasteiger partial charge in [-0.25, -0.2) is 9.97 Å². The molecule has 2 amide bonds. The van der Waals surface area contributed by atoms with Crippen molar-refractivity contribution in [3.63, 3.8) is 0 Å². The van der Waals surface area contributed by atoms with Gasteiger partial charge in [0.05, 0.1) is 18.0 Å². The van der Waals surface area contributed by atoms with E-state index in [2.05, 4.69) is 27.4 Å². The van der Waals surface area contributed by atoms with Crippen molar-refractivity contribution in [2.24, 2.45) is 0 Å². The number of imidazole rings is 1. The Kier molecular flexibility index (Phi) is 5.53. The molecule has 0 saturated carbocycles. The molecular weight excluding hydrogens is 370 g/mol. The molecule has 1 aromatic carbocycles. The van der Waals surface area contributed by atoms with E-state index in [9.17, 15) is 9.59 Å². The number of hydrogen-bond acceptors (Lipinski definition) is 5. The summed E-state index contributed by atoms with van der Waals surface area (Å²) in [5.74, 6) is -0.286. The summed E-state index contributed by atoms with van der Waals surface area (Å²) in [6.45, 7) is 1.61. The van der Waals surface area contributed by atoms with Gasteiger partial charge < -0.3 is 19.5 Å². The summed E-state index contributed by atoms with van der Waals surface area (Å²) >= 11 is 0. The van der Waals surface area contributed by atoms with Crippen molar-refractivity contribution in [3.05, 3.63) is 60.0 Å². The van der Waals surface area contributed by atoms with E-state index in [-0.39, 0.29) is 24.5 Å². The highest BCUT2D eigenvalue weighted by molar-refractivity contribution is 5.96. The Balaban J connectivity index is 1.37. The van der Waals surface area contributed by atoms with Crippen LogP contribution in [0.2, 0.25) is 0 Å². The average Bonchev–Trinajstić information content (AvgIpc) is 3.16. The highest BCUT2D eigenvalue weighted by atomic mass is 16.5. The van der Waals surface area contributed by atoms with Crippen molar-refractivity contribution in [2.45, 2.75) is 19.1 Å². The van der Waals surface area contributed by atoms with Crippen molar-refractivity contribution >= 4 is 23.0 Å². The summed E-state index contributed by atoms with van der Waals surface area (Å²) in [5, 5.41) is 2.85. The number of aromatic nitrogens is 3. The van der Waals surface area contributed by atoms with Crippen LogP contribution in [0.5, 0.6) is 0 Å². The third-order valence-corrected chi connectivity index (χ3v) is 5.04. The van der Waals surface area contributed by atoms with Crippen molar-refractivity contribution in [1.82, 2.24) is 24.8 Å². The maximum atomic E-state index is 12.5. The van der Waals surface area contributed by atoms with Crippen LogP contribution < -0.4 is 5.32 Å². The zero-order valence-corrected chi connectivity index (χ0v) is 16.2. The number of nitrogens with zero attached hydrogens (tertiary/aromatic N) is 4. The molecule has 0 spiro atoms. The first-order chi connectivity index (χ1) is 14.1. The topological polar surface area (TPSA) is 89.3 Å². The fourth-order valence-corrected chi connectivity index (χ4v) is 3.32. The second kappa shape index (κ2) is 8.40. The van der Waals surface area contributed by atoms with E-state index in [1.807, 2.05) is 22.8 Å². The van der Waals surface area contributed by atoms with Gasteiger partial charge >= 0.3 is 0 Å². The minimum absolute atomic E-state index is 0.0466. The Morgan fingerprint density at radius 1 is 1.28 bits per heavy atom. The second-order valence-electron chi connectivity index (χ2n) is 7.16. The number of ether oxygens (including phenoxy) is 1. The van der Waals surface area contributed by atoms with Gasteiger partial charge in [-0.1, -0.05) is 30.3 Å². The summed E-state index contributed by atoms with van der Waals surface area (Å²) in [7, 11) is 1.73. The number of hydrogen-bond donors (Lipinski definition) is 1. The van der Waals surface area contributed by atoms with E-state index in [0.29, 0.717) is 24.2 Å². The van der Waals surface area contributed by atoms with Gasteiger partial charge in [-0.2, -0.15) is 0 Å². The van der Waals surface area contributed by atoms with Gasteiger partial charge in [0, 0.05) is 32.9 Å². The fraction of sp³-hybridized carbons (Fsp3) is 0.333. The molecule has 1 saturated heterocycles. The number of fused-ring (bicyclic) bond motifs is 1. The van der Waals surface area contributed by atoms with Crippen molar-refractivity contribution < 1.29 is 14.3 Å². The van der Waals surface area contributed by atoms with E-state index in [1.54, 1.807) is 30.5 Å². The standard InChI is InChI=1S/C21H23N5O3/c1-25-12-17(29-13-19(25)27)11-23-21(28)16-9-18-20(22-10-16)26(14-24-18)8-7-15-5-3-2-4-6-15/h2-6,9-10,14,17H,7-8,11-13H2,1H3,(H,23,28). The molecule has 8 nitrogen and oxygen atoms in total. The lowest BCUT2D eigenvalue weighted by molar-refractivity contribution is -0.146. The Bertz CT molecular complexity index is 1020. The molecule has 150 valence electrons. The predicted molar refractivity (Wildman–Crippen MR) is 107 cm³/mol. The Hall–Kier alpha value is -3.26. The van der Waals surface area contributed by atoms with Crippen LogP contribution in [0.1, 0.15) is 15.9 Å². The lowest BCUT2D eigenvalue weighted by Gasteiger charge is -2.29. The van der Waals surface area contributed by atoms with Gasteiger partial charge in [-0.05, 0) is 18.1 Å². The molecule has 1 N–H and O–H groups in total. The Morgan fingerprint density at radius 2 is 2.10 bits per heavy atom. The number of benzene rings is 1. The van der Waals surface area contributed by atoms with Gasteiger partial charge in [0.2, 0.25) is 5.91 Å². The van der Waals surface area contributed by atoms with E-state index in [0.717, 1.165) is 18.6 Å². The molecule has 29 heavy (non-hydrogen) atoms. The average molecular weight is 393 g/mol. The molecule has 1 fully saturated rings. The van der Waals surface area contributed by atoms with Crippen LogP contribution in [0, 0.1) is 0 Å². The first-order valence-corrected chi connectivity index (χ1v) is 9.59. The molecule has 0 bridgehead atoms. The van der Waals surface area contributed by atoms with Crippen molar-refractivity contribution in [3.8, 4) is 0 Å². The fourth-order valence-electron chi connectivity index (χ4n) is 3.32. The molecule has 1 atom stereocenters. The Labute approximate surface area is 168 Å². The normalized spacial score (nSPS) is 16.9.